The number of halogens is 2. The van der Waals surface area contributed by atoms with Crippen LogP contribution in [0.25, 0.3) is 0 Å². The highest BCUT2D eigenvalue weighted by atomic mass is 79.9. The number of hydrogen-bond acceptors (Lipinski definition) is 1. The minimum atomic E-state index is 0.722. The van der Waals surface area contributed by atoms with Crippen LogP contribution in [0.15, 0.2) is 4.47 Å². The first-order chi connectivity index (χ1) is 7.58. The quantitative estimate of drug-likeness (QED) is 0.738. The van der Waals surface area contributed by atoms with Crippen LogP contribution < -0.4 is 0 Å². The molecule has 0 bridgehead atoms. The van der Waals surface area contributed by atoms with E-state index < -0.39 is 0 Å². The Morgan fingerprint density at radius 2 is 2.19 bits per heavy atom. The van der Waals surface area contributed by atoms with Crippen LogP contribution in [-0.4, -0.2) is 14.6 Å². The largest absolute Gasteiger partial charge is 0.271 e. The molecule has 0 spiro atoms. The normalized spacial score (nSPS) is 26.0. The highest BCUT2D eigenvalue weighted by Gasteiger charge is 2.22. The maximum Gasteiger partial charge on any atom is 0.0738 e. The highest BCUT2D eigenvalue weighted by Crippen LogP contribution is 2.33. The molecule has 1 aliphatic rings. The van der Waals surface area contributed by atoms with E-state index >= 15 is 0 Å². The van der Waals surface area contributed by atoms with Gasteiger partial charge in [-0.1, -0.05) is 22.4 Å². The van der Waals surface area contributed by atoms with Crippen molar-refractivity contribution in [3.05, 3.63) is 15.9 Å². The number of alkyl halides is 1. The molecule has 1 aliphatic carbocycles. The summed E-state index contributed by atoms with van der Waals surface area (Å²) in [5.41, 5.74) is 2.45. The van der Waals surface area contributed by atoms with Crippen LogP contribution in [-0.2, 0) is 13.5 Å². The maximum atomic E-state index is 4.45. The van der Waals surface area contributed by atoms with Crippen molar-refractivity contribution in [1.82, 2.24) is 9.78 Å². The summed E-state index contributed by atoms with van der Waals surface area (Å²) in [5.74, 6) is 0.809. The molecule has 0 saturated heterocycles. The Labute approximate surface area is 114 Å². The molecule has 16 heavy (non-hydrogen) atoms. The minimum absolute atomic E-state index is 0.722. The first kappa shape index (κ1) is 12.6. The van der Waals surface area contributed by atoms with Gasteiger partial charge in [-0.05, 0) is 54.5 Å². The lowest BCUT2D eigenvalue weighted by Gasteiger charge is -2.25. The van der Waals surface area contributed by atoms with E-state index in [1.165, 1.54) is 35.8 Å². The average molecular weight is 350 g/mol. The topological polar surface area (TPSA) is 17.8 Å². The van der Waals surface area contributed by atoms with Crippen molar-refractivity contribution < 1.29 is 0 Å². The summed E-state index contributed by atoms with van der Waals surface area (Å²) in [4.78, 5) is 0.722. The van der Waals surface area contributed by atoms with Crippen molar-refractivity contribution in [2.45, 2.75) is 43.9 Å². The molecule has 0 amide bonds. The Balaban J connectivity index is 2.08. The van der Waals surface area contributed by atoms with E-state index in [0.717, 1.165) is 22.9 Å². The molecule has 2 rings (SSSR count). The standard InChI is InChI=1S/C12H18Br2N2/c1-8-12(14)11(16(2)15-8)7-9-4-3-5-10(13)6-9/h9-10H,3-7H2,1-2H3. The maximum absolute atomic E-state index is 4.45. The first-order valence-electron chi connectivity index (χ1n) is 5.90. The molecule has 1 aromatic heterocycles. The fourth-order valence-corrected chi connectivity index (χ4v) is 3.94. The highest BCUT2D eigenvalue weighted by molar-refractivity contribution is 9.10. The average Bonchev–Trinajstić information content (AvgIpc) is 2.45. The fourth-order valence-electron chi connectivity index (χ4n) is 2.59. The smallest absolute Gasteiger partial charge is 0.0738 e. The summed E-state index contributed by atoms with van der Waals surface area (Å²) >= 11 is 7.40. The van der Waals surface area contributed by atoms with Crippen molar-refractivity contribution in [3.63, 3.8) is 0 Å². The molecule has 1 aromatic rings. The van der Waals surface area contributed by atoms with Crippen molar-refractivity contribution >= 4 is 31.9 Å². The van der Waals surface area contributed by atoms with Crippen LogP contribution in [0.1, 0.15) is 37.1 Å². The summed E-state index contributed by atoms with van der Waals surface area (Å²) in [6, 6.07) is 0. The van der Waals surface area contributed by atoms with E-state index in [9.17, 15) is 0 Å². The molecule has 0 N–H and O–H groups in total. The molecule has 1 saturated carbocycles. The van der Waals surface area contributed by atoms with Gasteiger partial charge in [0.05, 0.1) is 15.9 Å². The van der Waals surface area contributed by atoms with Gasteiger partial charge in [-0.3, -0.25) is 4.68 Å². The second-order valence-electron chi connectivity index (χ2n) is 4.80. The van der Waals surface area contributed by atoms with Gasteiger partial charge in [-0.2, -0.15) is 5.10 Å². The molecule has 1 fully saturated rings. The molecule has 2 nitrogen and oxygen atoms in total. The molecular weight excluding hydrogens is 332 g/mol. The first-order valence-corrected chi connectivity index (χ1v) is 7.61. The summed E-state index contributed by atoms with van der Waals surface area (Å²) < 4.78 is 3.23. The Kier molecular flexibility index (Phi) is 4.11. The lowest BCUT2D eigenvalue weighted by Crippen LogP contribution is -2.18. The van der Waals surface area contributed by atoms with Gasteiger partial charge in [0.25, 0.3) is 0 Å². The zero-order valence-corrected chi connectivity index (χ0v) is 13.0. The van der Waals surface area contributed by atoms with Crippen LogP contribution in [0, 0.1) is 12.8 Å². The van der Waals surface area contributed by atoms with Crippen molar-refractivity contribution in [3.8, 4) is 0 Å². The van der Waals surface area contributed by atoms with Crippen LogP contribution in [0.4, 0.5) is 0 Å². The molecule has 4 heteroatoms. The second kappa shape index (κ2) is 5.21. The third-order valence-corrected chi connectivity index (χ3v) is 5.33. The summed E-state index contributed by atoms with van der Waals surface area (Å²) in [6.07, 6.45) is 6.51. The van der Waals surface area contributed by atoms with Gasteiger partial charge in [0.1, 0.15) is 0 Å². The zero-order valence-electron chi connectivity index (χ0n) is 9.84. The van der Waals surface area contributed by atoms with E-state index in [2.05, 4.69) is 43.9 Å². The zero-order chi connectivity index (χ0) is 11.7. The number of aryl methyl sites for hydroxylation is 2. The van der Waals surface area contributed by atoms with E-state index in [1.54, 1.807) is 0 Å². The summed E-state index contributed by atoms with van der Waals surface area (Å²) in [7, 11) is 2.04. The van der Waals surface area contributed by atoms with E-state index in [4.69, 9.17) is 0 Å². The lowest BCUT2D eigenvalue weighted by molar-refractivity contribution is 0.361. The molecular formula is C12H18Br2N2. The van der Waals surface area contributed by atoms with E-state index in [1.807, 2.05) is 11.7 Å². The molecule has 1 heterocycles. The second-order valence-corrected chi connectivity index (χ2v) is 6.89. The summed E-state index contributed by atoms with van der Waals surface area (Å²) in [6.45, 7) is 2.06. The molecule has 90 valence electrons. The van der Waals surface area contributed by atoms with Gasteiger partial charge in [-0.15, -0.1) is 0 Å². The number of aromatic nitrogens is 2. The molecule has 0 aliphatic heterocycles. The number of rotatable bonds is 2. The van der Waals surface area contributed by atoms with Crippen molar-refractivity contribution in [2.24, 2.45) is 13.0 Å². The third-order valence-electron chi connectivity index (χ3n) is 3.46. The van der Waals surface area contributed by atoms with Crippen LogP contribution in [0.3, 0.4) is 0 Å². The monoisotopic (exact) mass is 348 g/mol. The Bertz CT molecular complexity index is 373. The van der Waals surface area contributed by atoms with Gasteiger partial charge >= 0.3 is 0 Å². The van der Waals surface area contributed by atoms with Gasteiger partial charge in [0.15, 0.2) is 0 Å². The lowest BCUT2D eigenvalue weighted by atomic mass is 9.86. The Morgan fingerprint density at radius 1 is 1.44 bits per heavy atom. The molecule has 2 unspecified atom stereocenters. The Hall–Kier alpha value is 0.170. The number of hydrogen-bond donors (Lipinski definition) is 0. The minimum Gasteiger partial charge on any atom is -0.271 e. The van der Waals surface area contributed by atoms with Crippen molar-refractivity contribution in [2.75, 3.05) is 0 Å². The van der Waals surface area contributed by atoms with E-state index in [-0.39, 0.29) is 0 Å². The van der Waals surface area contributed by atoms with Crippen molar-refractivity contribution in [1.29, 1.82) is 0 Å². The van der Waals surface area contributed by atoms with Gasteiger partial charge in [0.2, 0.25) is 0 Å². The predicted molar refractivity (Wildman–Crippen MR) is 74.0 cm³/mol. The van der Waals surface area contributed by atoms with Crippen LogP contribution >= 0.6 is 31.9 Å². The molecule has 0 radical (unpaired) electrons. The molecule has 2 atom stereocenters. The predicted octanol–water partition coefficient (Wildman–Crippen LogP) is 3.99. The SMILES string of the molecule is Cc1nn(C)c(CC2CCCC(Br)C2)c1Br. The van der Waals surface area contributed by atoms with Crippen LogP contribution in [0.2, 0.25) is 0 Å². The Morgan fingerprint density at radius 3 is 2.75 bits per heavy atom. The van der Waals surface area contributed by atoms with Crippen LogP contribution in [0.5, 0.6) is 0 Å². The third kappa shape index (κ3) is 2.70. The molecule has 0 aromatic carbocycles. The number of nitrogens with zero attached hydrogens (tertiary/aromatic N) is 2. The van der Waals surface area contributed by atoms with Gasteiger partial charge in [-0.25, -0.2) is 0 Å². The fraction of sp³-hybridized carbons (Fsp3) is 0.750. The van der Waals surface area contributed by atoms with E-state index in [0.29, 0.717) is 0 Å². The summed E-state index contributed by atoms with van der Waals surface area (Å²) in [5, 5.41) is 4.45. The van der Waals surface area contributed by atoms with Gasteiger partial charge in [0, 0.05) is 11.9 Å². The van der Waals surface area contributed by atoms with Gasteiger partial charge < -0.3 is 0 Å².